The number of carbonyl (C=O) groups excluding carboxylic acids is 1. The first-order valence-corrected chi connectivity index (χ1v) is 12.3. The van der Waals surface area contributed by atoms with Crippen LogP contribution in [-0.4, -0.2) is 57.8 Å². The molecular weight excluding hydrogens is 466 g/mol. The van der Waals surface area contributed by atoms with Gasteiger partial charge in [0.05, 0.1) is 35.2 Å². The molecule has 0 atom stereocenters. The predicted molar refractivity (Wildman–Crippen MR) is 134 cm³/mol. The molecule has 0 radical (unpaired) electrons. The van der Waals surface area contributed by atoms with Crippen molar-refractivity contribution in [2.75, 3.05) is 32.0 Å². The van der Waals surface area contributed by atoms with E-state index in [1.165, 1.54) is 0 Å². The van der Waals surface area contributed by atoms with Crippen LogP contribution in [0.15, 0.2) is 42.9 Å². The van der Waals surface area contributed by atoms with E-state index in [9.17, 15) is 4.79 Å². The number of hydrogen-bond donors (Lipinski definition) is 1. The van der Waals surface area contributed by atoms with E-state index in [-0.39, 0.29) is 5.91 Å². The fraction of sp³-hybridized carbons (Fsp3) is 0.385. The molecule has 0 bridgehead atoms. The molecule has 2 aliphatic heterocycles. The van der Waals surface area contributed by atoms with Crippen LogP contribution in [-0.2, 0) is 15.9 Å². The van der Waals surface area contributed by atoms with Crippen LogP contribution in [0.4, 0.5) is 5.82 Å². The van der Waals surface area contributed by atoms with Gasteiger partial charge in [-0.15, -0.1) is 0 Å². The standard InChI is InChI=1S/C26H28ClN5O3/c1-2-21-23(18-5-7-22(28)29-15-18)24(31-16-30-21)17-4-6-19(20(27)14-17)25(33)32-10-8-26(9-11-32)34-12-3-13-35-26/h4-7,14-16H,2-3,8-13H2,1H3,(H2,28,29). The van der Waals surface area contributed by atoms with Crippen LogP contribution >= 0.6 is 11.6 Å². The zero-order valence-electron chi connectivity index (χ0n) is 19.7. The summed E-state index contributed by atoms with van der Waals surface area (Å²) in [7, 11) is 0. The van der Waals surface area contributed by atoms with Crippen LogP contribution in [0.5, 0.6) is 0 Å². The Labute approximate surface area is 209 Å². The maximum atomic E-state index is 13.3. The van der Waals surface area contributed by atoms with Gasteiger partial charge < -0.3 is 20.1 Å². The van der Waals surface area contributed by atoms with Gasteiger partial charge in [-0.2, -0.15) is 0 Å². The molecular formula is C26H28ClN5O3. The number of nitrogen functional groups attached to an aromatic ring is 1. The minimum atomic E-state index is -0.542. The molecule has 2 aliphatic rings. The van der Waals surface area contributed by atoms with Crippen molar-refractivity contribution in [2.24, 2.45) is 0 Å². The number of aromatic nitrogens is 3. The van der Waals surface area contributed by atoms with Gasteiger partial charge in [-0.1, -0.05) is 24.6 Å². The second kappa shape index (κ2) is 9.89. The Morgan fingerprint density at radius 3 is 2.49 bits per heavy atom. The average molecular weight is 494 g/mol. The second-order valence-electron chi connectivity index (χ2n) is 8.82. The molecule has 2 saturated heterocycles. The fourth-order valence-corrected chi connectivity index (χ4v) is 4.99. The van der Waals surface area contributed by atoms with Crippen molar-refractivity contribution in [3.8, 4) is 22.4 Å². The van der Waals surface area contributed by atoms with Crippen LogP contribution in [0.3, 0.4) is 0 Å². The zero-order valence-corrected chi connectivity index (χ0v) is 20.4. The number of halogens is 1. The van der Waals surface area contributed by atoms with Crippen LogP contribution in [0, 0.1) is 0 Å². The number of likely N-dealkylation sites (tertiary alicyclic amines) is 1. The third-order valence-corrected chi connectivity index (χ3v) is 6.95. The summed E-state index contributed by atoms with van der Waals surface area (Å²) >= 11 is 6.66. The van der Waals surface area contributed by atoms with Gasteiger partial charge in [0, 0.05) is 48.8 Å². The minimum absolute atomic E-state index is 0.0906. The average Bonchev–Trinajstić information content (AvgIpc) is 2.89. The van der Waals surface area contributed by atoms with Crippen molar-refractivity contribution in [2.45, 2.75) is 38.4 Å². The Morgan fingerprint density at radius 2 is 1.83 bits per heavy atom. The van der Waals surface area contributed by atoms with Gasteiger partial charge in [-0.05, 0) is 37.1 Å². The Balaban J connectivity index is 1.41. The van der Waals surface area contributed by atoms with Crippen molar-refractivity contribution < 1.29 is 14.3 Å². The largest absolute Gasteiger partial charge is 0.384 e. The molecule has 5 rings (SSSR count). The molecule has 182 valence electrons. The lowest BCUT2D eigenvalue weighted by atomic mass is 9.96. The fourth-order valence-electron chi connectivity index (χ4n) is 4.73. The number of nitrogens with zero attached hydrogens (tertiary/aromatic N) is 4. The maximum Gasteiger partial charge on any atom is 0.255 e. The molecule has 3 aromatic rings. The SMILES string of the molecule is CCc1ncnc(-c2ccc(C(=O)N3CCC4(CC3)OCCCO4)c(Cl)c2)c1-c1ccc(N)nc1. The van der Waals surface area contributed by atoms with Crippen molar-refractivity contribution in [1.29, 1.82) is 0 Å². The van der Waals surface area contributed by atoms with E-state index in [0.29, 0.717) is 55.5 Å². The first-order valence-electron chi connectivity index (χ1n) is 11.9. The summed E-state index contributed by atoms with van der Waals surface area (Å²) in [6.07, 6.45) is 6.23. The highest BCUT2D eigenvalue weighted by molar-refractivity contribution is 6.34. The molecule has 4 heterocycles. The summed E-state index contributed by atoms with van der Waals surface area (Å²) < 4.78 is 11.8. The van der Waals surface area contributed by atoms with Crippen LogP contribution < -0.4 is 5.73 Å². The van der Waals surface area contributed by atoms with E-state index >= 15 is 0 Å². The Bertz CT molecular complexity index is 1220. The number of hydrogen-bond acceptors (Lipinski definition) is 7. The normalized spacial score (nSPS) is 17.5. The van der Waals surface area contributed by atoms with Crippen molar-refractivity contribution in [1.82, 2.24) is 19.9 Å². The molecule has 9 heteroatoms. The van der Waals surface area contributed by atoms with Crippen molar-refractivity contribution in [3.05, 3.63) is 59.1 Å². The summed E-state index contributed by atoms with van der Waals surface area (Å²) in [5, 5.41) is 0.385. The Kier molecular flexibility index (Phi) is 6.69. The van der Waals surface area contributed by atoms with Crippen LogP contribution in [0.25, 0.3) is 22.4 Å². The minimum Gasteiger partial charge on any atom is -0.384 e. The highest BCUT2D eigenvalue weighted by Gasteiger charge is 2.39. The molecule has 2 N–H and O–H groups in total. The molecule has 1 amide bonds. The molecule has 0 saturated carbocycles. The first kappa shape index (κ1) is 23.7. The van der Waals surface area contributed by atoms with Gasteiger partial charge in [0.25, 0.3) is 5.91 Å². The smallest absolute Gasteiger partial charge is 0.255 e. The van der Waals surface area contributed by atoms with Crippen LogP contribution in [0.1, 0.15) is 42.2 Å². The molecule has 2 fully saturated rings. The van der Waals surface area contributed by atoms with Crippen LogP contribution in [0.2, 0.25) is 5.02 Å². The van der Waals surface area contributed by atoms with Gasteiger partial charge in [-0.3, -0.25) is 4.79 Å². The van der Waals surface area contributed by atoms with E-state index in [2.05, 4.69) is 15.0 Å². The second-order valence-corrected chi connectivity index (χ2v) is 9.22. The Morgan fingerprint density at radius 1 is 1.09 bits per heavy atom. The number of anilines is 1. The van der Waals surface area contributed by atoms with E-state index in [0.717, 1.165) is 40.9 Å². The van der Waals surface area contributed by atoms with E-state index in [1.54, 1.807) is 30.7 Å². The van der Waals surface area contributed by atoms with E-state index in [4.69, 9.17) is 26.8 Å². The van der Waals surface area contributed by atoms with Gasteiger partial charge in [-0.25, -0.2) is 15.0 Å². The van der Waals surface area contributed by atoms with E-state index in [1.807, 2.05) is 24.0 Å². The highest BCUT2D eigenvalue weighted by Crippen LogP contribution is 2.36. The molecule has 1 spiro atoms. The summed E-state index contributed by atoms with van der Waals surface area (Å²) in [4.78, 5) is 28.3. The number of carbonyl (C=O) groups is 1. The van der Waals surface area contributed by atoms with Crippen molar-refractivity contribution >= 4 is 23.3 Å². The highest BCUT2D eigenvalue weighted by atomic mass is 35.5. The summed E-state index contributed by atoms with van der Waals surface area (Å²) in [5.41, 5.74) is 10.4. The lowest BCUT2D eigenvalue weighted by molar-refractivity contribution is -0.281. The lowest BCUT2D eigenvalue weighted by Crippen LogP contribution is -2.51. The number of benzene rings is 1. The van der Waals surface area contributed by atoms with Gasteiger partial charge in [0.2, 0.25) is 0 Å². The van der Waals surface area contributed by atoms with Crippen molar-refractivity contribution in [3.63, 3.8) is 0 Å². The van der Waals surface area contributed by atoms with Gasteiger partial charge in [0.15, 0.2) is 5.79 Å². The molecule has 35 heavy (non-hydrogen) atoms. The number of ether oxygens (including phenoxy) is 2. The number of amides is 1. The monoisotopic (exact) mass is 493 g/mol. The molecule has 0 unspecified atom stereocenters. The summed E-state index contributed by atoms with van der Waals surface area (Å²) in [6, 6.07) is 9.12. The Hall–Kier alpha value is -3.07. The number of pyridine rings is 1. The van der Waals surface area contributed by atoms with Gasteiger partial charge in [0.1, 0.15) is 12.1 Å². The molecule has 1 aromatic carbocycles. The number of rotatable bonds is 4. The maximum absolute atomic E-state index is 13.3. The molecule has 0 aliphatic carbocycles. The topological polar surface area (TPSA) is 103 Å². The molecule has 8 nitrogen and oxygen atoms in total. The summed E-state index contributed by atoms with van der Waals surface area (Å²) in [5.74, 6) is -0.187. The third-order valence-electron chi connectivity index (χ3n) is 6.64. The van der Waals surface area contributed by atoms with Gasteiger partial charge >= 0.3 is 0 Å². The number of aryl methyl sites for hydroxylation is 1. The number of nitrogens with two attached hydrogens (primary N) is 1. The number of piperidine rings is 1. The quantitative estimate of drug-likeness (QED) is 0.575. The first-order chi connectivity index (χ1) is 17.0. The zero-order chi connectivity index (χ0) is 24.4. The third kappa shape index (κ3) is 4.74. The lowest BCUT2D eigenvalue weighted by Gasteiger charge is -2.43. The van der Waals surface area contributed by atoms with E-state index < -0.39 is 5.79 Å². The summed E-state index contributed by atoms with van der Waals surface area (Å²) in [6.45, 7) is 4.59. The molecule has 2 aromatic heterocycles. The predicted octanol–water partition coefficient (Wildman–Crippen LogP) is 4.37.